The topological polar surface area (TPSA) is 32.8 Å². The Kier molecular flexibility index (Phi) is 10.0. The zero-order valence-corrected chi connectivity index (χ0v) is 46.3. The van der Waals surface area contributed by atoms with E-state index < -0.39 is 5.41 Å². The van der Waals surface area contributed by atoms with Crippen LogP contribution < -0.4 is 9.80 Å². The molecule has 0 amide bonds. The SMILES string of the molecule is CC(C)(C)c1cccc2c1oc1c(N(c3ccccc3)c3cc4c(c5ccccc35)-c3c(cc(N(c5ccccc5)c5cccc6c5oc5c(C(C)(C)C)cccc56)c5ccccc35)C43c4ccccc4-c4ccccc43)cccc12. The van der Waals surface area contributed by atoms with Crippen LogP contribution >= 0.6 is 0 Å². The van der Waals surface area contributed by atoms with Crippen LogP contribution in [0.4, 0.5) is 34.1 Å². The van der Waals surface area contributed by atoms with E-state index in [1.807, 2.05) is 0 Å². The maximum atomic E-state index is 7.27. The van der Waals surface area contributed by atoms with Crippen LogP contribution in [0.25, 0.3) is 87.7 Å². The van der Waals surface area contributed by atoms with E-state index in [2.05, 4.69) is 294 Å². The number of hydrogen-bond acceptors (Lipinski definition) is 4. The average Bonchev–Trinajstić information content (AvgIpc) is 1.71. The third kappa shape index (κ3) is 6.65. The predicted octanol–water partition coefficient (Wildman–Crippen LogP) is 21.7. The van der Waals surface area contributed by atoms with Crippen molar-refractivity contribution in [2.75, 3.05) is 9.80 Å². The van der Waals surface area contributed by atoms with Crippen molar-refractivity contribution < 1.29 is 8.83 Å². The molecule has 0 radical (unpaired) electrons. The molecule has 1 spiro atoms. The van der Waals surface area contributed by atoms with Crippen LogP contribution in [0.5, 0.6) is 0 Å². The first kappa shape index (κ1) is 47.4. The molecule has 0 bridgehead atoms. The Balaban J connectivity index is 1.04. The van der Waals surface area contributed by atoms with Gasteiger partial charge in [0.25, 0.3) is 0 Å². The number of fused-ring (bicyclic) bond motifs is 20. The first-order chi connectivity index (χ1) is 39.5. The summed E-state index contributed by atoms with van der Waals surface area (Å²) in [7, 11) is 0. The highest BCUT2D eigenvalue weighted by Gasteiger charge is 2.53. The van der Waals surface area contributed by atoms with E-state index in [4.69, 9.17) is 8.83 Å². The van der Waals surface area contributed by atoms with Gasteiger partial charge in [-0.1, -0.05) is 236 Å². The summed E-state index contributed by atoms with van der Waals surface area (Å²) in [5, 5.41) is 9.12. The van der Waals surface area contributed by atoms with Gasteiger partial charge < -0.3 is 18.6 Å². The van der Waals surface area contributed by atoms with Gasteiger partial charge in [0.15, 0.2) is 11.2 Å². The first-order valence-corrected chi connectivity index (χ1v) is 28.4. The molecular formula is C77H58N2O2. The van der Waals surface area contributed by atoms with Gasteiger partial charge in [-0.15, -0.1) is 0 Å². The maximum absolute atomic E-state index is 7.27. The average molecular weight is 1040 g/mol. The second kappa shape index (κ2) is 17.2. The van der Waals surface area contributed by atoms with Crippen molar-refractivity contribution in [3.8, 4) is 22.3 Å². The lowest BCUT2D eigenvalue weighted by molar-refractivity contribution is 0.572. The zero-order valence-electron chi connectivity index (χ0n) is 46.3. The van der Waals surface area contributed by atoms with E-state index in [9.17, 15) is 0 Å². The van der Waals surface area contributed by atoms with E-state index in [1.54, 1.807) is 0 Å². The fourth-order valence-electron chi connectivity index (χ4n) is 14.3. The fourth-order valence-corrected chi connectivity index (χ4v) is 14.3. The smallest absolute Gasteiger partial charge is 0.159 e. The Morgan fingerprint density at radius 2 is 0.617 bits per heavy atom. The molecule has 2 aliphatic rings. The largest absolute Gasteiger partial charge is 0.454 e. The second-order valence-electron chi connectivity index (χ2n) is 24.3. The van der Waals surface area contributed by atoms with Crippen LogP contribution in [0.3, 0.4) is 0 Å². The van der Waals surface area contributed by atoms with Gasteiger partial charge in [-0.25, -0.2) is 0 Å². The van der Waals surface area contributed by atoms with Crippen LogP contribution in [0.1, 0.15) is 74.9 Å². The summed E-state index contributed by atoms with van der Waals surface area (Å²) in [4.78, 5) is 4.93. The molecular weight excluding hydrogens is 985 g/mol. The summed E-state index contributed by atoms with van der Waals surface area (Å²) >= 11 is 0. The molecule has 388 valence electrons. The lowest BCUT2D eigenvalue weighted by Crippen LogP contribution is -2.26. The highest BCUT2D eigenvalue weighted by Crippen LogP contribution is 2.67. The summed E-state index contributed by atoms with van der Waals surface area (Å²) in [5.74, 6) is 0. The van der Waals surface area contributed by atoms with Crippen molar-refractivity contribution in [3.63, 3.8) is 0 Å². The number of rotatable bonds is 6. The molecule has 16 rings (SSSR count). The van der Waals surface area contributed by atoms with Crippen LogP contribution in [-0.2, 0) is 16.2 Å². The van der Waals surface area contributed by atoms with E-state index in [-0.39, 0.29) is 10.8 Å². The summed E-state index contributed by atoms with van der Waals surface area (Å²) in [6.07, 6.45) is 0. The lowest BCUT2D eigenvalue weighted by Gasteiger charge is -2.34. The van der Waals surface area contributed by atoms with Crippen molar-refractivity contribution in [1.82, 2.24) is 0 Å². The monoisotopic (exact) mass is 1040 g/mol. The van der Waals surface area contributed by atoms with E-state index >= 15 is 0 Å². The molecule has 12 aromatic carbocycles. The predicted molar refractivity (Wildman–Crippen MR) is 339 cm³/mol. The molecule has 0 aliphatic heterocycles. The van der Waals surface area contributed by atoms with Gasteiger partial charge in [0.05, 0.1) is 28.2 Å². The van der Waals surface area contributed by atoms with Gasteiger partial charge in [0, 0.05) is 54.8 Å². The Bertz CT molecular complexity index is 4600. The molecule has 0 fully saturated rings. The molecule has 4 heteroatoms. The highest BCUT2D eigenvalue weighted by molar-refractivity contribution is 6.21. The molecule has 0 N–H and O–H groups in total. The number of para-hydroxylation sites is 6. The van der Waals surface area contributed by atoms with Gasteiger partial charge in [-0.3, -0.25) is 0 Å². The second-order valence-corrected chi connectivity index (χ2v) is 24.3. The molecule has 0 unspecified atom stereocenters. The third-order valence-electron chi connectivity index (χ3n) is 17.7. The maximum Gasteiger partial charge on any atom is 0.159 e. The zero-order chi connectivity index (χ0) is 54.5. The third-order valence-corrected chi connectivity index (χ3v) is 17.7. The highest BCUT2D eigenvalue weighted by atomic mass is 16.3. The quantitative estimate of drug-likeness (QED) is 0.166. The number of furan rings is 2. The van der Waals surface area contributed by atoms with Crippen molar-refractivity contribution in [2.24, 2.45) is 0 Å². The number of hydrogen-bond donors (Lipinski definition) is 0. The number of benzene rings is 12. The van der Waals surface area contributed by atoms with Crippen molar-refractivity contribution in [1.29, 1.82) is 0 Å². The Hall–Kier alpha value is -9.64. The minimum absolute atomic E-state index is 0.126. The van der Waals surface area contributed by atoms with Crippen LogP contribution in [0, 0.1) is 0 Å². The number of nitrogens with zero attached hydrogens (tertiary/aromatic N) is 2. The van der Waals surface area contributed by atoms with Crippen LogP contribution in [-0.4, -0.2) is 0 Å². The molecule has 14 aromatic rings. The van der Waals surface area contributed by atoms with Crippen LogP contribution in [0.2, 0.25) is 0 Å². The van der Waals surface area contributed by atoms with E-state index in [0.717, 1.165) is 88.8 Å². The summed E-state index contributed by atoms with van der Waals surface area (Å²) in [5.41, 5.74) is 21.2. The van der Waals surface area contributed by atoms with Gasteiger partial charge >= 0.3 is 0 Å². The first-order valence-electron chi connectivity index (χ1n) is 28.4. The molecule has 4 nitrogen and oxygen atoms in total. The molecule has 2 aromatic heterocycles. The Morgan fingerprint density at radius 3 is 1.02 bits per heavy atom. The van der Waals surface area contributed by atoms with Gasteiger partial charge in [0.1, 0.15) is 11.2 Å². The van der Waals surface area contributed by atoms with Gasteiger partial charge in [0.2, 0.25) is 0 Å². The number of anilines is 6. The molecule has 0 saturated heterocycles. The molecule has 0 saturated carbocycles. The molecule has 2 aliphatic carbocycles. The van der Waals surface area contributed by atoms with Crippen LogP contribution in [0.15, 0.2) is 251 Å². The Labute approximate surface area is 471 Å². The summed E-state index contributed by atoms with van der Waals surface area (Å²) in [6.45, 7) is 13.6. The standard InChI is InChI=1S/C77H58N2O2/c1-75(2,3)61-41-21-35-55-57-37-23-43-65(73(57)80-71(55)61)78(47-25-9-7-10-26-47)67-45-63-69(53-33-15-13-31-51(53)67)70-54-34-16-14-32-52(54)68(46-64(70)77(63)59-39-19-17-29-49(59)50-30-18-20-40-60(50)77)79(48-27-11-8-12-28-48)66-44-24-38-58-56-36-22-42-62(76(4,5)6)72(56)81-74(58)66/h7-46H,1-6H3. The fraction of sp³-hybridized carbons (Fsp3) is 0.117. The van der Waals surface area contributed by atoms with Crippen molar-refractivity contribution in [3.05, 3.63) is 276 Å². The molecule has 81 heavy (non-hydrogen) atoms. The lowest BCUT2D eigenvalue weighted by atomic mass is 9.70. The van der Waals surface area contributed by atoms with Crippen molar-refractivity contribution >= 4 is 99.5 Å². The molecule has 0 atom stereocenters. The minimum atomic E-state index is -0.750. The van der Waals surface area contributed by atoms with E-state index in [1.165, 1.54) is 66.4 Å². The van der Waals surface area contributed by atoms with Gasteiger partial charge in [-0.2, -0.15) is 0 Å². The van der Waals surface area contributed by atoms with Gasteiger partial charge in [-0.05, 0) is 115 Å². The summed E-state index contributed by atoms with van der Waals surface area (Å²) < 4.78 is 14.5. The normalized spacial score (nSPS) is 13.4. The molecule has 2 heterocycles. The van der Waals surface area contributed by atoms with Crippen molar-refractivity contribution in [2.45, 2.75) is 57.8 Å². The Morgan fingerprint density at radius 1 is 0.284 bits per heavy atom. The van der Waals surface area contributed by atoms with E-state index in [0.29, 0.717) is 0 Å². The minimum Gasteiger partial charge on any atom is -0.454 e. The summed E-state index contributed by atoms with van der Waals surface area (Å²) in [6, 6.07) is 90.0.